The standard InChI is InChI=1S/C15H11Cl2FN2O4/c1-8(15(21)19-9-2-4-13(18)11(16)6-9)24-14-5-3-10(20(22)23)7-12(14)17/h2-8H,1H3,(H,19,21)/t8-/m0/s1. The highest BCUT2D eigenvalue weighted by Gasteiger charge is 2.18. The Labute approximate surface area is 146 Å². The first-order valence-electron chi connectivity index (χ1n) is 6.64. The number of nitro groups is 1. The largest absolute Gasteiger partial charge is 0.479 e. The van der Waals surface area contributed by atoms with Crippen molar-refractivity contribution in [1.29, 1.82) is 0 Å². The lowest BCUT2D eigenvalue weighted by atomic mass is 10.2. The van der Waals surface area contributed by atoms with Gasteiger partial charge >= 0.3 is 0 Å². The van der Waals surface area contributed by atoms with Gasteiger partial charge in [0.2, 0.25) is 0 Å². The van der Waals surface area contributed by atoms with E-state index in [4.69, 9.17) is 27.9 Å². The van der Waals surface area contributed by atoms with Crippen LogP contribution in [0, 0.1) is 15.9 Å². The summed E-state index contributed by atoms with van der Waals surface area (Å²) in [6.45, 7) is 1.47. The fourth-order valence-corrected chi connectivity index (χ4v) is 2.16. The van der Waals surface area contributed by atoms with E-state index in [1.165, 1.54) is 31.2 Å². The summed E-state index contributed by atoms with van der Waals surface area (Å²) in [7, 11) is 0. The van der Waals surface area contributed by atoms with Crippen molar-refractivity contribution in [1.82, 2.24) is 0 Å². The molecule has 24 heavy (non-hydrogen) atoms. The molecule has 2 aromatic rings. The van der Waals surface area contributed by atoms with Crippen molar-refractivity contribution in [3.8, 4) is 5.75 Å². The smallest absolute Gasteiger partial charge is 0.271 e. The fourth-order valence-electron chi connectivity index (χ4n) is 1.76. The summed E-state index contributed by atoms with van der Waals surface area (Å²) in [5, 5.41) is 13.0. The number of non-ortho nitro benzene ring substituents is 1. The van der Waals surface area contributed by atoms with E-state index in [9.17, 15) is 19.3 Å². The highest BCUT2D eigenvalue weighted by atomic mass is 35.5. The second-order valence-electron chi connectivity index (χ2n) is 4.75. The number of anilines is 1. The molecule has 0 bridgehead atoms. The Kier molecular flexibility index (Phi) is 5.58. The molecule has 1 amide bonds. The number of ether oxygens (including phenoxy) is 1. The van der Waals surface area contributed by atoms with Crippen molar-refractivity contribution in [2.45, 2.75) is 13.0 Å². The monoisotopic (exact) mass is 372 g/mol. The summed E-state index contributed by atoms with van der Waals surface area (Å²) in [5.74, 6) is -0.995. The molecule has 6 nitrogen and oxygen atoms in total. The van der Waals surface area contributed by atoms with Gasteiger partial charge in [-0.25, -0.2) is 4.39 Å². The minimum absolute atomic E-state index is 0.00803. The molecular formula is C15H11Cl2FN2O4. The number of rotatable bonds is 5. The lowest BCUT2D eigenvalue weighted by molar-refractivity contribution is -0.384. The van der Waals surface area contributed by atoms with Crippen LogP contribution >= 0.6 is 23.2 Å². The van der Waals surface area contributed by atoms with Crippen LogP contribution in [0.3, 0.4) is 0 Å². The molecule has 0 aliphatic heterocycles. The number of carbonyl (C=O) groups excluding carboxylic acids is 1. The number of hydrogen-bond acceptors (Lipinski definition) is 4. The summed E-state index contributed by atoms with van der Waals surface area (Å²) >= 11 is 11.5. The molecule has 0 spiro atoms. The van der Waals surface area contributed by atoms with Gasteiger partial charge in [-0.15, -0.1) is 0 Å². The van der Waals surface area contributed by atoms with Gasteiger partial charge in [0, 0.05) is 17.8 Å². The topological polar surface area (TPSA) is 81.5 Å². The number of halogens is 3. The molecule has 9 heteroatoms. The third-order valence-electron chi connectivity index (χ3n) is 2.99. The van der Waals surface area contributed by atoms with Gasteiger partial charge in [-0.1, -0.05) is 23.2 Å². The van der Waals surface area contributed by atoms with Gasteiger partial charge < -0.3 is 10.1 Å². The van der Waals surface area contributed by atoms with E-state index in [2.05, 4.69) is 5.32 Å². The Morgan fingerprint density at radius 3 is 2.54 bits per heavy atom. The van der Waals surface area contributed by atoms with Crippen molar-refractivity contribution in [3.05, 3.63) is 62.4 Å². The quantitative estimate of drug-likeness (QED) is 0.620. The van der Waals surface area contributed by atoms with Crippen LogP contribution in [0.15, 0.2) is 36.4 Å². The lowest BCUT2D eigenvalue weighted by Gasteiger charge is -2.15. The van der Waals surface area contributed by atoms with E-state index < -0.39 is 22.8 Å². The number of nitrogens with zero attached hydrogens (tertiary/aromatic N) is 1. The highest BCUT2D eigenvalue weighted by molar-refractivity contribution is 6.32. The molecule has 0 aliphatic rings. The number of hydrogen-bond donors (Lipinski definition) is 1. The maximum Gasteiger partial charge on any atom is 0.271 e. The second kappa shape index (κ2) is 7.46. The van der Waals surface area contributed by atoms with E-state index in [0.29, 0.717) is 5.69 Å². The first-order chi connectivity index (χ1) is 11.3. The van der Waals surface area contributed by atoms with Crippen molar-refractivity contribution >= 4 is 40.5 Å². The molecule has 1 N–H and O–H groups in total. The third kappa shape index (κ3) is 4.33. The Hall–Kier alpha value is -2.38. The Morgan fingerprint density at radius 1 is 1.25 bits per heavy atom. The molecule has 2 aromatic carbocycles. The molecule has 0 unspecified atom stereocenters. The normalized spacial score (nSPS) is 11.7. The molecule has 0 heterocycles. The first-order valence-corrected chi connectivity index (χ1v) is 7.40. The van der Waals surface area contributed by atoms with Crippen LogP contribution in [-0.4, -0.2) is 16.9 Å². The summed E-state index contributed by atoms with van der Waals surface area (Å²) < 4.78 is 18.5. The molecule has 0 saturated carbocycles. The predicted octanol–water partition coefficient (Wildman–Crippen LogP) is 4.45. The zero-order chi connectivity index (χ0) is 17.9. The lowest BCUT2D eigenvalue weighted by Crippen LogP contribution is -2.30. The van der Waals surface area contributed by atoms with Crippen molar-refractivity contribution in [2.24, 2.45) is 0 Å². The first kappa shape index (κ1) is 18.0. The zero-order valence-corrected chi connectivity index (χ0v) is 13.8. The van der Waals surface area contributed by atoms with Crippen molar-refractivity contribution in [3.63, 3.8) is 0 Å². The minimum Gasteiger partial charge on any atom is -0.479 e. The molecule has 0 fully saturated rings. The van der Waals surface area contributed by atoms with E-state index in [1.54, 1.807) is 0 Å². The molecule has 0 aromatic heterocycles. The third-order valence-corrected chi connectivity index (χ3v) is 3.57. The summed E-state index contributed by atoms with van der Waals surface area (Å²) in [4.78, 5) is 22.1. The van der Waals surface area contributed by atoms with Crippen LogP contribution in [0.1, 0.15) is 6.92 Å². The van der Waals surface area contributed by atoms with Gasteiger partial charge in [0.25, 0.3) is 11.6 Å². The fraction of sp³-hybridized carbons (Fsp3) is 0.133. The maximum absolute atomic E-state index is 13.1. The van der Waals surface area contributed by atoms with Crippen LogP contribution < -0.4 is 10.1 Å². The molecular weight excluding hydrogens is 362 g/mol. The average molecular weight is 373 g/mol. The Balaban J connectivity index is 2.06. The van der Waals surface area contributed by atoms with Crippen LogP contribution in [0.4, 0.5) is 15.8 Å². The second-order valence-corrected chi connectivity index (χ2v) is 5.56. The van der Waals surface area contributed by atoms with Crippen LogP contribution in [0.5, 0.6) is 5.75 Å². The van der Waals surface area contributed by atoms with E-state index in [0.717, 1.165) is 12.1 Å². The van der Waals surface area contributed by atoms with Gasteiger partial charge in [-0.2, -0.15) is 0 Å². The Bertz CT molecular complexity index is 801. The Morgan fingerprint density at radius 2 is 1.96 bits per heavy atom. The number of nitro benzene ring substituents is 1. The molecule has 2 rings (SSSR count). The van der Waals surface area contributed by atoms with E-state index in [1.807, 2.05) is 0 Å². The minimum atomic E-state index is -0.951. The van der Waals surface area contributed by atoms with Crippen LogP contribution in [-0.2, 0) is 4.79 Å². The van der Waals surface area contributed by atoms with Crippen LogP contribution in [0.2, 0.25) is 10.0 Å². The maximum atomic E-state index is 13.1. The molecule has 0 aliphatic carbocycles. The number of benzene rings is 2. The summed E-state index contributed by atoms with van der Waals surface area (Å²) in [5.41, 5.74) is 0.113. The average Bonchev–Trinajstić information content (AvgIpc) is 2.52. The zero-order valence-electron chi connectivity index (χ0n) is 12.3. The highest BCUT2D eigenvalue weighted by Crippen LogP contribution is 2.29. The van der Waals surface area contributed by atoms with Crippen molar-refractivity contribution < 1.29 is 18.8 Å². The van der Waals surface area contributed by atoms with Gasteiger partial charge in [-0.05, 0) is 31.2 Å². The summed E-state index contributed by atoms with van der Waals surface area (Å²) in [6, 6.07) is 7.38. The number of amides is 1. The van der Waals surface area contributed by atoms with Crippen LogP contribution in [0.25, 0.3) is 0 Å². The SMILES string of the molecule is C[C@H](Oc1ccc([N+](=O)[O-])cc1Cl)C(=O)Nc1ccc(F)c(Cl)c1. The molecule has 0 radical (unpaired) electrons. The van der Waals surface area contributed by atoms with E-state index >= 15 is 0 Å². The van der Waals surface area contributed by atoms with Crippen molar-refractivity contribution in [2.75, 3.05) is 5.32 Å². The van der Waals surface area contributed by atoms with Gasteiger partial charge in [0.1, 0.15) is 11.6 Å². The number of carbonyl (C=O) groups is 1. The van der Waals surface area contributed by atoms with Gasteiger partial charge in [0.15, 0.2) is 6.10 Å². The molecule has 126 valence electrons. The van der Waals surface area contributed by atoms with E-state index in [-0.39, 0.29) is 21.5 Å². The predicted molar refractivity (Wildman–Crippen MR) is 88.2 cm³/mol. The molecule has 0 saturated heterocycles. The van der Waals surface area contributed by atoms with Gasteiger partial charge in [0.05, 0.1) is 15.0 Å². The number of nitrogens with one attached hydrogen (secondary N) is 1. The summed E-state index contributed by atoms with van der Waals surface area (Å²) in [6.07, 6.45) is -0.951. The van der Waals surface area contributed by atoms with Gasteiger partial charge in [-0.3, -0.25) is 14.9 Å². The molecule has 1 atom stereocenters.